The Kier molecular flexibility index (Phi) is 8.71. The van der Waals surface area contributed by atoms with E-state index in [4.69, 9.17) is 4.74 Å². The number of ether oxygens (including phenoxy) is 1. The van der Waals surface area contributed by atoms with E-state index in [0.29, 0.717) is 6.54 Å². The fourth-order valence-corrected chi connectivity index (χ4v) is 2.62. The van der Waals surface area contributed by atoms with Crippen LogP contribution >= 0.6 is 0 Å². The Morgan fingerprint density at radius 1 is 1.32 bits per heavy atom. The molecule has 0 saturated carbocycles. The normalized spacial score (nSPS) is 13.4. The van der Waals surface area contributed by atoms with Crippen LogP contribution in [0.2, 0.25) is 0 Å². The third-order valence-corrected chi connectivity index (χ3v) is 4.44. The monoisotopic (exact) mass is 395 g/mol. The third-order valence-electron chi connectivity index (χ3n) is 4.44. The Morgan fingerprint density at radius 2 is 1.96 bits per heavy atom. The molecule has 28 heavy (non-hydrogen) atoms. The fraction of sp³-hybridized carbons (Fsp3) is 0.789. The highest BCUT2D eigenvalue weighted by Crippen LogP contribution is 2.11. The van der Waals surface area contributed by atoms with Crippen LogP contribution in [-0.4, -0.2) is 64.0 Å². The molecule has 9 nitrogen and oxygen atoms in total. The maximum atomic E-state index is 12.1. The summed E-state index contributed by atoms with van der Waals surface area (Å²) in [4.78, 5) is 18.5. The number of rotatable bonds is 7. The topological polar surface area (TPSA) is 96.7 Å². The molecule has 1 atom stereocenters. The molecular formula is C19H37N7O2. The van der Waals surface area contributed by atoms with Gasteiger partial charge in [-0.05, 0) is 40.0 Å². The molecular weight excluding hydrogens is 358 g/mol. The molecule has 1 unspecified atom stereocenters. The van der Waals surface area contributed by atoms with E-state index in [1.165, 1.54) is 0 Å². The molecule has 0 radical (unpaired) electrons. The van der Waals surface area contributed by atoms with Crippen molar-refractivity contribution in [2.45, 2.75) is 66.2 Å². The summed E-state index contributed by atoms with van der Waals surface area (Å²) in [5, 5.41) is 14.5. The summed E-state index contributed by atoms with van der Waals surface area (Å²) in [6.07, 6.45) is 0.394. The molecule has 0 aliphatic carbocycles. The van der Waals surface area contributed by atoms with Crippen LogP contribution in [0.1, 0.15) is 52.7 Å². The van der Waals surface area contributed by atoms with E-state index in [0.717, 1.165) is 30.6 Å². The van der Waals surface area contributed by atoms with E-state index in [2.05, 4.69) is 39.7 Å². The maximum Gasteiger partial charge on any atom is 0.407 e. The van der Waals surface area contributed by atoms with Gasteiger partial charge in [0.2, 0.25) is 0 Å². The lowest BCUT2D eigenvalue weighted by Crippen LogP contribution is -2.45. The van der Waals surface area contributed by atoms with Crippen molar-refractivity contribution in [3.8, 4) is 0 Å². The van der Waals surface area contributed by atoms with Crippen molar-refractivity contribution in [3.05, 3.63) is 11.6 Å². The second-order valence-corrected chi connectivity index (χ2v) is 8.33. The maximum absolute atomic E-state index is 12.1. The van der Waals surface area contributed by atoms with Crippen LogP contribution in [-0.2, 0) is 18.3 Å². The van der Waals surface area contributed by atoms with Crippen LogP contribution in [0.3, 0.4) is 0 Å². The number of aromatic nitrogens is 3. The summed E-state index contributed by atoms with van der Waals surface area (Å²) in [7, 11) is 5.66. The zero-order valence-electron chi connectivity index (χ0n) is 18.8. The van der Waals surface area contributed by atoms with Crippen LogP contribution in [0.25, 0.3) is 0 Å². The fourth-order valence-electron chi connectivity index (χ4n) is 2.62. The predicted octanol–water partition coefficient (Wildman–Crippen LogP) is 2.07. The van der Waals surface area contributed by atoms with Crippen molar-refractivity contribution in [1.82, 2.24) is 30.3 Å². The number of hydrogen-bond acceptors (Lipinski definition) is 5. The molecule has 1 aromatic heterocycles. The largest absolute Gasteiger partial charge is 0.444 e. The summed E-state index contributed by atoms with van der Waals surface area (Å²) < 4.78 is 7.32. The van der Waals surface area contributed by atoms with Gasteiger partial charge in [0, 0.05) is 33.7 Å². The highest BCUT2D eigenvalue weighted by Gasteiger charge is 2.22. The van der Waals surface area contributed by atoms with E-state index in [1.807, 2.05) is 51.3 Å². The van der Waals surface area contributed by atoms with E-state index in [1.54, 1.807) is 7.05 Å². The zero-order valence-corrected chi connectivity index (χ0v) is 18.8. The lowest BCUT2D eigenvalue weighted by Gasteiger charge is -2.28. The summed E-state index contributed by atoms with van der Waals surface area (Å²) in [5.74, 6) is 2.77. The Morgan fingerprint density at radius 3 is 2.43 bits per heavy atom. The summed E-state index contributed by atoms with van der Waals surface area (Å²) in [5.41, 5.74) is -0.507. The minimum Gasteiger partial charge on any atom is -0.444 e. The Balaban J connectivity index is 2.58. The lowest BCUT2D eigenvalue weighted by molar-refractivity contribution is 0.0486. The third kappa shape index (κ3) is 7.74. The van der Waals surface area contributed by atoms with Gasteiger partial charge >= 0.3 is 6.09 Å². The number of guanidine groups is 1. The summed E-state index contributed by atoms with van der Waals surface area (Å²) in [6, 6.07) is 0.0109. The first-order valence-corrected chi connectivity index (χ1v) is 9.70. The second-order valence-electron chi connectivity index (χ2n) is 8.33. The highest BCUT2D eigenvalue weighted by molar-refractivity contribution is 5.79. The number of carbonyl (C=O) groups is 1. The van der Waals surface area contributed by atoms with Gasteiger partial charge in [-0.3, -0.25) is 4.99 Å². The number of hydrogen-bond donors (Lipinski definition) is 2. The Bertz CT molecular complexity index is 662. The van der Waals surface area contributed by atoms with Gasteiger partial charge in [0.15, 0.2) is 11.8 Å². The molecule has 0 fully saturated rings. The molecule has 1 heterocycles. The van der Waals surface area contributed by atoms with Gasteiger partial charge in [-0.15, -0.1) is 10.2 Å². The van der Waals surface area contributed by atoms with Crippen molar-refractivity contribution >= 4 is 12.1 Å². The Hall–Kier alpha value is -2.32. The van der Waals surface area contributed by atoms with Crippen LogP contribution in [0.4, 0.5) is 4.79 Å². The summed E-state index contributed by atoms with van der Waals surface area (Å²) in [6.45, 7) is 12.9. The molecule has 1 aromatic rings. The minimum absolute atomic E-state index is 0.0109. The number of carbonyl (C=O) groups excluding carboxylic acids is 1. The molecule has 1 rings (SSSR count). The van der Waals surface area contributed by atoms with Crippen molar-refractivity contribution in [2.75, 3.05) is 20.6 Å². The quantitative estimate of drug-likeness (QED) is 0.542. The van der Waals surface area contributed by atoms with E-state index >= 15 is 0 Å². The molecule has 160 valence electrons. The molecule has 1 amide bonds. The number of nitrogens with zero attached hydrogens (tertiary/aromatic N) is 5. The number of amides is 1. The molecule has 0 saturated heterocycles. The number of nitrogens with one attached hydrogen (secondary N) is 2. The van der Waals surface area contributed by atoms with Gasteiger partial charge in [-0.25, -0.2) is 4.79 Å². The van der Waals surface area contributed by atoms with E-state index in [9.17, 15) is 4.79 Å². The van der Waals surface area contributed by atoms with Crippen LogP contribution in [0.15, 0.2) is 4.99 Å². The molecule has 0 bridgehead atoms. The van der Waals surface area contributed by atoms with Gasteiger partial charge in [0.25, 0.3) is 0 Å². The van der Waals surface area contributed by atoms with Gasteiger partial charge in [0.1, 0.15) is 11.4 Å². The van der Waals surface area contributed by atoms with Gasteiger partial charge < -0.3 is 24.8 Å². The molecule has 0 aromatic carbocycles. The van der Waals surface area contributed by atoms with Crippen LogP contribution < -0.4 is 10.6 Å². The number of aliphatic imine (C=N–C) groups is 1. The van der Waals surface area contributed by atoms with E-state index < -0.39 is 5.60 Å². The van der Waals surface area contributed by atoms with E-state index in [-0.39, 0.29) is 18.1 Å². The smallest absolute Gasteiger partial charge is 0.407 e. The summed E-state index contributed by atoms with van der Waals surface area (Å²) >= 11 is 0. The standard InChI is InChI=1S/C19H37N7O2/c1-13(2)15(22-18(27)28-19(4,5)6)10-11-25(8)17(20-7)21-12-16-24-23-14(3)26(16)9/h13,15H,10-12H2,1-9H3,(H,20,21)(H,22,27). The zero-order chi connectivity index (χ0) is 21.5. The van der Waals surface area contributed by atoms with Gasteiger partial charge in [-0.2, -0.15) is 0 Å². The van der Waals surface area contributed by atoms with Crippen LogP contribution in [0.5, 0.6) is 0 Å². The first-order valence-electron chi connectivity index (χ1n) is 9.70. The van der Waals surface area contributed by atoms with Gasteiger partial charge in [0.05, 0.1) is 6.54 Å². The first-order chi connectivity index (χ1) is 12.9. The van der Waals surface area contributed by atoms with Gasteiger partial charge in [-0.1, -0.05) is 13.8 Å². The first kappa shape index (κ1) is 23.7. The Labute approximate surface area is 168 Å². The number of aryl methyl sites for hydroxylation is 1. The predicted molar refractivity (Wildman–Crippen MR) is 111 cm³/mol. The van der Waals surface area contributed by atoms with Crippen molar-refractivity contribution < 1.29 is 9.53 Å². The average Bonchev–Trinajstić information content (AvgIpc) is 2.89. The minimum atomic E-state index is -0.507. The highest BCUT2D eigenvalue weighted by atomic mass is 16.6. The van der Waals surface area contributed by atoms with Crippen molar-refractivity contribution in [1.29, 1.82) is 0 Å². The molecule has 0 aliphatic heterocycles. The average molecular weight is 396 g/mol. The SMILES string of the molecule is CN=C(NCc1nnc(C)n1C)N(C)CCC(NC(=O)OC(C)(C)C)C(C)C. The molecule has 9 heteroatoms. The van der Waals surface area contributed by atoms with Crippen molar-refractivity contribution in [2.24, 2.45) is 18.0 Å². The number of alkyl carbamates (subject to hydrolysis) is 1. The second kappa shape index (κ2) is 10.3. The molecule has 0 spiro atoms. The molecule has 2 N–H and O–H groups in total. The van der Waals surface area contributed by atoms with Crippen LogP contribution in [0, 0.1) is 12.8 Å². The molecule has 0 aliphatic rings. The lowest BCUT2D eigenvalue weighted by atomic mass is 10.0. The van der Waals surface area contributed by atoms with Crippen molar-refractivity contribution in [3.63, 3.8) is 0 Å².